The first-order chi connectivity index (χ1) is 22.9. The average molecular weight is 746 g/mol. The van der Waals surface area contributed by atoms with Crippen LogP contribution in [-0.2, 0) is 19.6 Å². The third-order valence-corrected chi connectivity index (χ3v) is 11.2. The van der Waals surface area contributed by atoms with Gasteiger partial charge in [-0.3, -0.25) is 4.79 Å². The number of hydrogen-bond donors (Lipinski definition) is 3. The Morgan fingerprint density at radius 3 is 1.96 bits per heavy atom. The van der Waals surface area contributed by atoms with Crippen LogP contribution in [0.5, 0.6) is 0 Å². The van der Waals surface area contributed by atoms with E-state index in [0.717, 1.165) is 16.0 Å². The van der Waals surface area contributed by atoms with Crippen LogP contribution in [0.25, 0.3) is 0 Å². The number of ether oxygens (including phenoxy) is 1. The third kappa shape index (κ3) is 9.88. The van der Waals surface area contributed by atoms with E-state index in [1.165, 1.54) is 29.6 Å². The van der Waals surface area contributed by atoms with E-state index in [9.17, 15) is 23.1 Å². The summed E-state index contributed by atoms with van der Waals surface area (Å²) in [5.74, 6) is -0.860. The number of carbonyl (C=O) groups is 2. The molecule has 0 aliphatic carbocycles. The van der Waals surface area contributed by atoms with Crippen molar-refractivity contribution in [3.8, 4) is 0 Å². The molecule has 12 heteroatoms. The van der Waals surface area contributed by atoms with E-state index < -0.39 is 52.7 Å². The molecule has 0 aromatic heterocycles. The zero-order valence-corrected chi connectivity index (χ0v) is 30.6. The van der Waals surface area contributed by atoms with Crippen LogP contribution in [-0.4, -0.2) is 73.1 Å². The predicted octanol–water partition coefficient (Wildman–Crippen LogP) is 6.13. The van der Waals surface area contributed by atoms with Gasteiger partial charge in [0, 0.05) is 34.7 Å². The van der Waals surface area contributed by atoms with Crippen molar-refractivity contribution in [3.63, 3.8) is 0 Å². The first-order valence-corrected chi connectivity index (χ1v) is 18.5. The Bertz CT molecular complexity index is 1540. The lowest BCUT2D eigenvalue weighted by atomic mass is 9.84. The van der Waals surface area contributed by atoms with Crippen molar-refractivity contribution in [3.05, 3.63) is 94.5 Å². The summed E-state index contributed by atoms with van der Waals surface area (Å²) in [4.78, 5) is 28.5. The summed E-state index contributed by atoms with van der Waals surface area (Å²) in [6, 6.07) is 21.0. The summed E-state index contributed by atoms with van der Waals surface area (Å²) >= 11 is 3.32. The zero-order chi connectivity index (χ0) is 35.4. The van der Waals surface area contributed by atoms with Crippen molar-refractivity contribution < 1.29 is 27.9 Å². The number of amides is 2. The Kier molecular flexibility index (Phi) is 15.1. The van der Waals surface area contributed by atoms with Gasteiger partial charge in [0.05, 0.1) is 24.7 Å². The quantitative estimate of drug-likeness (QED) is 0.139. The van der Waals surface area contributed by atoms with Crippen molar-refractivity contribution in [1.82, 2.24) is 9.21 Å². The summed E-state index contributed by atoms with van der Waals surface area (Å²) in [5, 5.41) is 10.5. The number of carbonyl (C=O) groups excluding carboxylic acids is 2. The van der Waals surface area contributed by atoms with E-state index in [4.69, 9.17) is 16.2 Å². The van der Waals surface area contributed by atoms with Gasteiger partial charge in [-0.15, -0.1) is 0 Å². The highest BCUT2D eigenvalue weighted by molar-refractivity contribution is 9.10. The maximum Gasteiger partial charge on any atom is 0.416 e. The maximum atomic E-state index is 14.1. The minimum Gasteiger partial charge on any atom is -0.452 e. The first kappa shape index (κ1) is 39.2. The largest absolute Gasteiger partial charge is 0.452 e. The van der Waals surface area contributed by atoms with Crippen LogP contribution in [0.1, 0.15) is 69.9 Å². The number of nitrogens with zero attached hydrogens (tertiary/aromatic N) is 2. The molecule has 0 aliphatic heterocycles. The molecule has 10 nitrogen and oxygen atoms in total. The average Bonchev–Trinajstić information content (AvgIpc) is 3.08. The molecule has 0 saturated heterocycles. The summed E-state index contributed by atoms with van der Waals surface area (Å²) in [6.07, 6.45) is 1.28. The number of hydrogen-bond acceptors (Lipinski definition) is 8. The van der Waals surface area contributed by atoms with Crippen LogP contribution >= 0.6 is 15.9 Å². The lowest BCUT2D eigenvalue weighted by Crippen LogP contribution is -2.53. The summed E-state index contributed by atoms with van der Waals surface area (Å²) in [7, 11) is -2.77. The van der Waals surface area contributed by atoms with Crippen LogP contribution in [0.4, 0.5) is 10.5 Å². The van der Waals surface area contributed by atoms with E-state index in [2.05, 4.69) is 15.9 Å². The van der Waals surface area contributed by atoms with Crippen LogP contribution in [0.2, 0.25) is 0 Å². The van der Waals surface area contributed by atoms with Gasteiger partial charge in [0.15, 0.2) is 0 Å². The topological polar surface area (TPSA) is 156 Å². The molecule has 3 aromatic carbocycles. The zero-order valence-electron chi connectivity index (χ0n) is 28.2. The molecule has 262 valence electrons. The van der Waals surface area contributed by atoms with E-state index in [0.29, 0.717) is 42.3 Å². The van der Waals surface area contributed by atoms with E-state index >= 15 is 0 Å². The number of sulfonamides is 1. The number of methoxy groups -OCH3 is 1. The van der Waals surface area contributed by atoms with Crippen LogP contribution in [0, 0.1) is 5.92 Å². The molecule has 0 fully saturated rings. The molecule has 0 aliphatic rings. The molecule has 3 aromatic rings. The van der Waals surface area contributed by atoms with Crippen LogP contribution in [0.15, 0.2) is 88.2 Å². The molecule has 5 N–H and O–H groups in total. The molecule has 0 bridgehead atoms. The summed E-state index contributed by atoms with van der Waals surface area (Å²) in [5.41, 5.74) is 14.7. The second-order valence-electron chi connectivity index (χ2n) is 12.3. The fourth-order valence-electron chi connectivity index (χ4n) is 5.87. The number of aliphatic hydroxyl groups excluding tert-OH is 1. The van der Waals surface area contributed by atoms with E-state index in [-0.39, 0.29) is 17.4 Å². The van der Waals surface area contributed by atoms with Crippen molar-refractivity contribution in [1.29, 1.82) is 0 Å². The van der Waals surface area contributed by atoms with Gasteiger partial charge in [-0.2, -0.15) is 4.31 Å². The molecular weight excluding hydrogens is 696 g/mol. The second kappa shape index (κ2) is 18.5. The van der Waals surface area contributed by atoms with Crippen LogP contribution in [0.3, 0.4) is 0 Å². The third-order valence-electron chi connectivity index (χ3n) is 8.60. The van der Waals surface area contributed by atoms with Gasteiger partial charge in [0.1, 0.15) is 0 Å². The standard InChI is InChI=1S/C36H49BrN4O6S/c1-5-28(17-12-18-29(24-42)40(22-21-25(2)3)48(45,46)30-19-20-32(38)31(37)23-30)41(36(44)47-4)35(43)34(39)33(26-13-8-6-9-14-26)27-15-10-7-11-16-27/h6-11,13-16,19-20,23,25,28-29,33-34,42H,5,12,17-18,21-22,24,38-39H2,1-4H3/t28-,29-,34-/m0/s1. The Balaban J connectivity index is 1.86. The lowest BCUT2D eigenvalue weighted by Gasteiger charge is -2.34. The summed E-state index contributed by atoms with van der Waals surface area (Å²) < 4.78 is 34.7. The summed E-state index contributed by atoms with van der Waals surface area (Å²) in [6.45, 7) is 5.70. The minimum absolute atomic E-state index is 0.0695. The molecule has 0 heterocycles. The highest BCUT2D eigenvalue weighted by atomic mass is 79.9. The number of imide groups is 1. The van der Waals surface area contributed by atoms with Gasteiger partial charge in [-0.25, -0.2) is 18.1 Å². The first-order valence-electron chi connectivity index (χ1n) is 16.3. The minimum atomic E-state index is -3.99. The van der Waals surface area contributed by atoms with E-state index in [1.807, 2.05) is 81.4 Å². The molecule has 48 heavy (non-hydrogen) atoms. The lowest BCUT2D eigenvalue weighted by molar-refractivity contribution is -0.133. The van der Waals surface area contributed by atoms with Gasteiger partial charge in [-0.05, 0) is 83.3 Å². The SMILES string of the molecule is CC[C@@H](CCC[C@@H](CO)N(CCC(C)C)S(=O)(=O)c1ccc(N)c(Br)c1)N(C(=O)OC)C(=O)[C@@H](N)C(c1ccccc1)c1ccccc1. The normalized spacial score (nSPS) is 13.8. The van der Waals surface area contributed by atoms with Crippen molar-refractivity contribution in [2.24, 2.45) is 11.7 Å². The monoisotopic (exact) mass is 744 g/mol. The van der Waals surface area contributed by atoms with Crippen LogP contribution < -0.4 is 11.5 Å². The number of nitrogens with two attached hydrogens (primary N) is 2. The van der Waals surface area contributed by atoms with Gasteiger partial charge < -0.3 is 21.3 Å². The Morgan fingerprint density at radius 2 is 1.48 bits per heavy atom. The highest BCUT2D eigenvalue weighted by Gasteiger charge is 2.38. The number of anilines is 1. The molecule has 3 atom stereocenters. The number of aliphatic hydroxyl groups is 1. The number of halogens is 1. The molecular formula is C36H49BrN4O6S. The number of nitrogen functional groups attached to an aromatic ring is 1. The van der Waals surface area contributed by atoms with Crippen molar-refractivity contribution in [2.45, 2.75) is 81.8 Å². The molecule has 2 amide bonds. The molecule has 0 unspecified atom stereocenters. The number of benzene rings is 3. The van der Waals surface area contributed by atoms with Gasteiger partial charge in [0.25, 0.3) is 0 Å². The fraction of sp³-hybridized carbons (Fsp3) is 0.444. The Morgan fingerprint density at radius 1 is 0.917 bits per heavy atom. The molecule has 0 spiro atoms. The maximum absolute atomic E-state index is 14.1. The smallest absolute Gasteiger partial charge is 0.416 e. The molecule has 0 saturated carbocycles. The van der Waals surface area contributed by atoms with Crippen molar-refractivity contribution >= 4 is 43.6 Å². The number of rotatable bonds is 17. The highest BCUT2D eigenvalue weighted by Crippen LogP contribution is 2.31. The second-order valence-corrected chi connectivity index (χ2v) is 15.1. The van der Waals surface area contributed by atoms with Gasteiger partial charge >= 0.3 is 6.09 Å². The predicted molar refractivity (Wildman–Crippen MR) is 193 cm³/mol. The fourth-order valence-corrected chi connectivity index (χ4v) is 8.09. The van der Waals surface area contributed by atoms with Gasteiger partial charge in [-0.1, -0.05) is 81.4 Å². The van der Waals surface area contributed by atoms with E-state index in [1.54, 1.807) is 0 Å². The van der Waals surface area contributed by atoms with Gasteiger partial charge in [0.2, 0.25) is 15.9 Å². The van der Waals surface area contributed by atoms with Crippen molar-refractivity contribution in [2.75, 3.05) is 26.0 Å². The molecule has 0 radical (unpaired) electrons. The Labute approximate surface area is 293 Å². The Hall–Kier alpha value is -3.29. The molecule has 3 rings (SSSR count).